The van der Waals surface area contributed by atoms with E-state index < -0.39 is 5.97 Å². The van der Waals surface area contributed by atoms with Gasteiger partial charge in [-0.15, -0.1) is 0 Å². The molecule has 2 aromatic carbocycles. The van der Waals surface area contributed by atoms with Crippen LogP contribution in [0.1, 0.15) is 10.4 Å². The van der Waals surface area contributed by atoms with Crippen LogP contribution in [0.5, 0.6) is 11.5 Å². The molecule has 0 amide bonds. The minimum atomic E-state index is -1.21. The first-order valence-corrected chi connectivity index (χ1v) is 5.35. The van der Waals surface area contributed by atoms with Gasteiger partial charge in [0.1, 0.15) is 11.5 Å². The van der Waals surface area contributed by atoms with E-state index in [0.29, 0.717) is 5.56 Å². The summed E-state index contributed by atoms with van der Waals surface area (Å²) in [5, 5.41) is 28.6. The van der Waals surface area contributed by atoms with Crippen molar-refractivity contribution >= 4 is 17.3 Å². The zero-order valence-electron chi connectivity index (χ0n) is 9.79. The fourth-order valence-corrected chi connectivity index (χ4v) is 1.78. The number of nitrogen functional groups attached to an aromatic ring is 2. The minimum absolute atomic E-state index is 0.0443. The van der Waals surface area contributed by atoms with Gasteiger partial charge >= 0.3 is 5.97 Å². The molecule has 2 aromatic rings. The van der Waals surface area contributed by atoms with Gasteiger partial charge in [-0.2, -0.15) is 0 Å². The molecule has 0 fully saturated rings. The van der Waals surface area contributed by atoms with Crippen LogP contribution >= 0.6 is 0 Å². The number of phenolic OH excluding ortho intramolecular Hbond substituents is 2. The topological polar surface area (TPSA) is 130 Å². The summed E-state index contributed by atoms with van der Waals surface area (Å²) in [6, 6.07) is 6.78. The summed E-state index contributed by atoms with van der Waals surface area (Å²) < 4.78 is 0. The lowest BCUT2D eigenvalue weighted by Crippen LogP contribution is -2.01. The fraction of sp³-hybridized carbons (Fsp3) is 0. The van der Waals surface area contributed by atoms with Crippen LogP contribution in [-0.4, -0.2) is 21.3 Å². The Balaban J connectivity index is 2.75. The molecule has 98 valence electrons. The number of aromatic hydroxyl groups is 2. The Morgan fingerprint density at radius 3 is 2.21 bits per heavy atom. The van der Waals surface area contributed by atoms with Crippen LogP contribution in [-0.2, 0) is 0 Å². The zero-order chi connectivity index (χ0) is 14.2. The van der Waals surface area contributed by atoms with E-state index in [0.717, 1.165) is 0 Å². The highest BCUT2D eigenvalue weighted by molar-refractivity contribution is 5.99. The summed E-state index contributed by atoms with van der Waals surface area (Å²) in [7, 11) is 0. The van der Waals surface area contributed by atoms with E-state index >= 15 is 0 Å². The van der Waals surface area contributed by atoms with Crippen molar-refractivity contribution in [2.45, 2.75) is 0 Å². The number of carboxylic acid groups (broad SMARTS) is 1. The van der Waals surface area contributed by atoms with Gasteiger partial charge in [0.05, 0.1) is 16.9 Å². The number of hydrogen-bond acceptors (Lipinski definition) is 5. The molecule has 19 heavy (non-hydrogen) atoms. The van der Waals surface area contributed by atoms with Gasteiger partial charge in [0.2, 0.25) is 0 Å². The van der Waals surface area contributed by atoms with Crippen molar-refractivity contribution in [3.63, 3.8) is 0 Å². The zero-order valence-corrected chi connectivity index (χ0v) is 9.79. The third-order valence-corrected chi connectivity index (χ3v) is 2.76. The van der Waals surface area contributed by atoms with Crippen molar-refractivity contribution in [1.82, 2.24) is 0 Å². The molecule has 0 saturated carbocycles. The average Bonchev–Trinajstić information content (AvgIpc) is 2.35. The third-order valence-electron chi connectivity index (χ3n) is 2.76. The van der Waals surface area contributed by atoms with Crippen molar-refractivity contribution in [2.75, 3.05) is 11.5 Å². The lowest BCUT2D eigenvalue weighted by Gasteiger charge is -2.11. The maximum absolute atomic E-state index is 11.2. The van der Waals surface area contributed by atoms with Crippen LogP contribution in [0.15, 0.2) is 30.3 Å². The van der Waals surface area contributed by atoms with Gasteiger partial charge in [0.25, 0.3) is 0 Å². The molecule has 0 aromatic heterocycles. The summed E-state index contributed by atoms with van der Waals surface area (Å²) in [4.78, 5) is 11.2. The molecule has 7 N–H and O–H groups in total. The van der Waals surface area contributed by atoms with Crippen molar-refractivity contribution in [3.05, 3.63) is 35.9 Å². The molecule has 0 radical (unpaired) electrons. The van der Waals surface area contributed by atoms with Gasteiger partial charge < -0.3 is 26.8 Å². The van der Waals surface area contributed by atoms with Gasteiger partial charge in [-0.3, -0.25) is 0 Å². The van der Waals surface area contributed by atoms with E-state index in [9.17, 15) is 15.0 Å². The molecule has 0 aliphatic heterocycles. The van der Waals surface area contributed by atoms with Crippen molar-refractivity contribution in [2.24, 2.45) is 0 Å². The van der Waals surface area contributed by atoms with Crippen LogP contribution in [0.25, 0.3) is 11.1 Å². The highest BCUT2D eigenvalue weighted by Gasteiger charge is 2.18. The fourth-order valence-electron chi connectivity index (χ4n) is 1.78. The second kappa shape index (κ2) is 4.41. The summed E-state index contributed by atoms with van der Waals surface area (Å²) >= 11 is 0. The van der Waals surface area contributed by atoms with Crippen molar-refractivity contribution in [1.29, 1.82) is 0 Å². The van der Waals surface area contributed by atoms with Gasteiger partial charge in [-0.1, -0.05) is 6.07 Å². The van der Waals surface area contributed by atoms with Crippen LogP contribution in [0.2, 0.25) is 0 Å². The molecule has 0 unspecified atom stereocenters. The van der Waals surface area contributed by atoms with Gasteiger partial charge in [0.15, 0.2) is 0 Å². The second-order valence-electron chi connectivity index (χ2n) is 4.00. The Morgan fingerprint density at radius 2 is 1.63 bits per heavy atom. The molecular formula is C13H12N2O4. The van der Waals surface area contributed by atoms with E-state index in [1.54, 1.807) is 0 Å². The highest BCUT2D eigenvalue weighted by atomic mass is 16.4. The Hall–Kier alpha value is -2.89. The van der Waals surface area contributed by atoms with Crippen molar-refractivity contribution < 1.29 is 20.1 Å². The molecule has 0 aliphatic rings. The molecule has 0 spiro atoms. The van der Waals surface area contributed by atoms with E-state index in [1.807, 2.05) is 0 Å². The van der Waals surface area contributed by atoms with E-state index in [-0.39, 0.29) is 34.0 Å². The molecule has 0 atom stereocenters. The number of phenols is 2. The molecule has 6 nitrogen and oxygen atoms in total. The summed E-state index contributed by atoms with van der Waals surface area (Å²) in [5.41, 5.74) is 11.5. The average molecular weight is 260 g/mol. The number of hydrogen-bond donors (Lipinski definition) is 5. The van der Waals surface area contributed by atoms with Crippen LogP contribution in [0.3, 0.4) is 0 Å². The van der Waals surface area contributed by atoms with E-state index in [1.165, 1.54) is 30.3 Å². The molecule has 0 aliphatic carbocycles. The number of carboxylic acids is 1. The van der Waals surface area contributed by atoms with Crippen LogP contribution in [0.4, 0.5) is 11.4 Å². The predicted molar refractivity (Wildman–Crippen MR) is 71.0 cm³/mol. The Kier molecular flexibility index (Phi) is 2.92. The second-order valence-corrected chi connectivity index (χ2v) is 4.00. The lowest BCUT2D eigenvalue weighted by molar-refractivity contribution is 0.0697. The molecular weight excluding hydrogens is 248 g/mol. The molecule has 0 heterocycles. The first kappa shape index (κ1) is 12.6. The number of nitrogens with two attached hydrogens (primary N) is 2. The number of benzene rings is 2. The van der Waals surface area contributed by atoms with E-state index in [2.05, 4.69) is 0 Å². The first-order chi connectivity index (χ1) is 8.91. The number of rotatable bonds is 2. The predicted octanol–water partition coefficient (Wildman–Crippen LogP) is 1.63. The number of aromatic carboxylic acids is 1. The number of carbonyl (C=O) groups is 1. The Morgan fingerprint density at radius 1 is 1.00 bits per heavy atom. The first-order valence-electron chi connectivity index (χ1n) is 5.35. The third kappa shape index (κ3) is 2.11. The smallest absolute Gasteiger partial charge is 0.336 e. The molecule has 0 bridgehead atoms. The standard InChI is InChI=1S/C13H12N2O4/c14-8-3-1-6(5-10(8)16)11-7(13(18)19)2-4-9(15)12(11)17/h1-5,16-17H,14-15H2,(H,18,19). The Bertz CT molecular complexity index is 668. The highest BCUT2D eigenvalue weighted by Crippen LogP contribution is 2.39. The largest absolute Gasteiger partial charge is 0.506 e. The summed E-state index contributed by atoms with van der Waals surface area (Å²) in [6.45, 7) is 0. The minimum Gasteiger partial charge on any atom is -0.506 e. The van der Waals surface area contributed by atoms with Crippen LogP contribution < -0.4 is 11.5 Å². The molecule has 2 rings (SSSR count). The monoisotopic (exact) mass is 260 g/mol. The SMILES string of the molecule is Nc1ccc(-c2c(C(=O)O)ccc(N)c2O)cc1O. The molecule has 6 heteroatoms. The Labute approximate surface area is 108 Å². The van der Waals surface area contributed by atoms with Gasteiger partial charge in [-0.25, -0.2) is 4.79 Å². The van der Waals surface area contributed by atoms with Crippen molar-refractivity contribution in [3.8, 4) is 22.6 Å². The summed E-state index contributed by atoms with van der Waals surface area (Å²) in [6.07, 6.45) is 0. The van der Waals surface area contributed by atoms with Gasteiger partial charge in [-0.05, 0) is 29.8 Å². The lowest BCUT2D eigenvalue weighted by atomic mass is 9.97. The van der Waals surface area contributed by atoms with E-state index in [4.69, 9.17) is 16.6 Å². The van der Waals surface area contributed by atoms with Crippen LogP contribution in [0, 0.1) is 0 Å². The summed E-state index contributed by atoms with van der Waals surface area (Å²) in [5.74, 6) is -1.75. The normalized spacial score (nSPS) is 10.3. The van der Waals surface area contributed by atoms with Gasteiger partial charge in [0, 0.05) is 5.56 Å². The number of anilines is 2. The maximum atomic E-state index is 11.2. The molecule has 0 saturated heterocycles. The maximum Gasteiger partial charge on any atom is 0.336 e. The quantitative estimate of drug-likeness (QED) is 0.412.